The third-order valence-corrected chi connectivity index (χ3v) is 6.00. The highest BCUT2D eigenvalue weighted by molar-refractivity contribution is 8.00. The van der Waals surface area contributed by atoms with Crippen molar-refractivity contribution >= 4 is 44.2 Å². The first-order valence-corrected chi connectivity index (χ1v) is 9.12. The maximum Gasteiger partial charge on any atom is 0.235 e. The van der Waals surface area contributed by atoms with Crippen LogP contribution in [0.4, 0.5) is 0 Å². The van der Waals surface area contributed by atoms with E-state index in [1.54, 1.807) is 11.3 Å². The van der Waals surface area contributed by atoms with E-state index in [1.165, 1.54) is 16.5 Å². The van der Waals surface area contributed by atoms with Crippen LogP contribution in [0.3, 0.4) is 0 Å². The van der Waals surface area contributed by atoms with E-state index in [2.05, 4.69) is 26.7 Å². The molecule has 1 aromatic carbocycles. The highest BCUT2D eigenvalue weighted by atomic mass is 32.2. The summed E-state index contributed by atoms with van der Waals surface area (Å²) in [7, 11) is 0. The van der Waals surface area contributed by atoms with Gasteiger partial charge in [-0.05, 0) is 31.9 Å². The lowest BCUT2D eigenvalue weighted by Gasteiger charge is -2.19. The van der Waals surface area contributed by atoms with Gasteiger partial charge in [0.2, 0.25) is 10.9 Å². The number of carbonyl (C=O) groups excluding carboxylic acids is 1. The monoisotopic (exact) mass is 332 g/mol. The number of likely N-dealkylation sites (tertiary alicyclic amines) is 1. The summed E-state index contributed by atoms with van der Waals surface area (Å²) in [5.41, 5.74) is 1.11. The second-order valence-corrected chi connectivity index (χ2v) is 7.78. The zero-order valence-electron chi connectivity index (χ0n) is 12.2. The van der Waals surface area contributed by atoms with Crippen LogP contribution in [0.2, 0.25) is 0 Å². The Morgan fingerprint density at radius 2 is 2.05 bits per heavy atom. The fraction of sp³-hybridized carbons (Fsp3) is 0.400. The molecule has 0 unspecified atom stereocenters. The molecule has 0 spiro atoms. The Bertz CT molecular complexity index is 834. The molecule has 1 fully saturated rings. The second kappa shape index (κ2) is 5.55. The number of aromatic nitrogens is 3. The van der Waals surface area contributed by atoms with Crippen LogP contribution < -0.4 is 0 Å². The van der Waals surface area contributed by atoms with Crippen molar-refractivity contribution in [1.82, 2.24) is 19.5 Å². The van der Waals surface area contributed by atoms with Crippen LogP contribution in [0.15, 0.2) is 29.4 Å². The van der Waals surface area contributed by atoms with Gasteiger partial charge in [-0.3, -0.25) is 9.20 Å². The van der Waals surface area contributed by atoms with Gasteiger partial charge in [0, 0.05) is 13.1 Å². The highest BCUT2D eigenvalue weighted by Crippen LogP contribution is 2.31. The van der Waals surface area contributed by atoms with Crippen LogP contribution in [-0.4, -0.2) is 43.7 Å². The first-order valence-electron chi connectivity index (χ1n) is 7.42. The number of rotatable bonds is 3. The first-order chi connectivity index (χ1) is 10.7. The molecule has 1 aliphatic rings. The average Bonchev–Trinajstić information content (AvgIpc) is 3.23. The minimum atomic E-state index is -0.135. The first kappa shape index (κ1) is 14.0. The van der Waals surface area contributed by atoms with E-state index in [0.29, 0.717) is 0 Å². The molecule has 3 heterocycles. The Morgan fingerprint density at radius 1 is 1.27 bits per heavy atom. The average molecular weight is 332 g/mol. The molecule has 7 heteroatoms. The molecule has 22 heavy (non-hydrogen) atoms. The Kier molecular flexibility index (Phi) is 3.54. The quantitative estimate of drug-likeness (QED) is 0.692. The number of benzene rings is 1. The van der Waals surface area contributed by atoms with Crippen LogP contribution in [-0.2, 0) is 4.79 Å². The van der Waals surface area contributed by atoms with Crippen LogP contribution in [0.25, 0.3) is 15.2 Å². The van der Waals surface area contributed by atoms with Crippen LogP contribution >= 0.6 is 23.1 Å². The third-order valence-electron chi connectivity index (χ3n) is 3.96. The molecule has 0 N–H and O–H groups in total. The number of amides is 1. The van der Waals surface area contributed by atoms with Gasteiger partial charge in [0.25, 0.3) is 0 Å². The van der Waals surface area contributed by atoms with E-state index in [4.69, 9.17) is 0 Å². The van der Waals surface area contributed by atoms with Gasteiger partial charge < -0.3 is 4.90 Å². The van der Waals surface area contributed by atoms with Gasteiger partial charge in [-0.25, -0.2) is 0 Å². The number of thioether (sulfide) groups is 1. The van der Waals surface area contributed by atoms with Gasteiger partial charge in [0.05, 0.1) is 15.5 Å². The molecule has 1 atom stereocenters. The van der Waals surface area contributed by atoms with Crippen molar-refractivity contribution in [3.8, 4) is 0 Å². The Morgan fingerprint density at radius 3 is 2.86 bits per heavy atom. The molecular weight excluding hydrogens is 316 g/mol. The normalized spacial score (nSPS) is 16.7. The molecule has 1 aliphatic heterocycles. The maximum atomic E-state index is 12.5. The molecule has 1 amide bonds. The van der Waals surface area contributed by atoms with Gasteiger partial charge >= 0.3 is 0 Å². The third kappa shape index (κ3) is 2.28. The molecule has 5 nitrogen and oxygen atoms in total. The summed E-state index contributed by atoms with van der Waals surface area (Å²) in [5.74, 6) is 0.207. The second-order valence-electron chi connectivity index (χ2n) is 5.46. The SMILES string of the molecule is C[C@@H](Sc1nnc2sc3ccccc3n12)C(=O)N1CCCC1. The molecule has 1 saturated heterocycles. The number of nitrogens with zero attached hydrogens (tertiary/aromatic N) is 4. The minimum Gasteiger partial charge on any atom is -0.342 e. The van der Waals surface area contributed by atoms with E-state index in [-0.39, 0.29) is 11.2 Å². The fourth-order valence-electron chi connectivity index (χ4n) is 2.83. The minimum absolute atomic E-state index is 0.135. The van der Waals surface area contributed by atoms with Crippen LogP contribution in [0.5, 0.6) is 0 Å². The van der Waals surface area contributed by atoms with Gasteiger partial charge in [0.1, 0.15) is 0 Å². The molecule has 0 bridgehead atoms. The zero-order chi connectivity index (χ0) is 15.1. The molecule has 2 aromatic heterocycles. The van der Waals surface area contributed by atoms with Crippen molar-refractivity contribution in [1.29, 1.82) is 0 Å². The topological polar surface area (TPSA) is 50.5 Å². The summed E-state index contributed by atoms with van der Waals surface area (Å²) < 4.78 is 3.24. The smallest absolute Gasteiger partial charge is 0.235 e. The molecule has 4 rings (SSSR count). The Labute approximate surface area is 136 Å². The van der Waals surface area contributed by atoms with E-state index in [9.17, 15) is 4.79 Å². The van der Waals surface area contributed by atoms with Gasteiger partial charge in [-0.15, -0.1) is 10.2 Å². The van der Waals surface area contributed by atoms with Crippen molar-refractivity contribution in [2.75, 3.05) is 13.1 Å². The lowest BCUT2D eigenvalue weighted by Crippen LogP contribution is -2.34. The largest absolute Gasteiger partial charge is 0.342 e. The summed E-state index contributed by atoms with van der Waals surface area (Å²) in [6, 6.07) is 8.20. The van der Waals surface area contributed by atoms with Crippen molar-refractivity contribution in [3.63, 3.8) is 0 Å². The van der Waals surface area contributed by atoms with Crippen LogP contribution in [0, 0.1) is 0 Å². The number of para-hydroxylation sites is 1. The number of thiazole rings is 1. The van der Waals surface area contributed by atoms with Crippen molar-refractivity contribution in [2.45, 2.75) is 30.2 Å². The van der Waals surface area contributed by atoms with E-state index in [0.717, 1.165) is 41.6 Å². The lowest BCUT2D eigenvalue weighted by atomic mass is 10.3. The number of carbonyl (C=O) groups is 1. The standard InChI is InChI=1S/C15H16N4OS2/c1-10(13(20)18-8-4-5-9-18)21-14-16-17-15-19(14)11-6-2-3-7-12(11)22-15/h2-3,6-7,10H,4-5,8-9H2,1H3/t10-/m1/s1. The highest BCUT2D eigenvalue weighted by Gasteiger charge is 2.26. The number of hydrogen-bond donors (Lipinski definition) is 0. The Balaban J connectivity index is 1.64. The summed E-state index contributed by atoms with van der Waals surface area (Å²) in [5, 5.41) is 9.19. The van der Waals surface area contributed by atoms with Crippen LogP contribution in [0.1, 0.15) is 19.8 Å². The van der Waals surface area contributed by atoms with Gasteiger partial charge in [-0.1, -0.05) is 35.2 Å². The summed E-state index contributed by atoms with van der Waals surface area (Å²) in [6.45, 7) is 3.74. The predicted molar refractivity (Wildman–Crippen MR) is 89.5 cm³/mol. The number of hydrogen-bond acceptors (Lipinski definition) is 5. The van der Waals surface area contributed by atoms with E-state index >= 15 is 0 Å². The summed E-state index contributed by atoms with van der Waals surface area (Å²) in [6.07, 6.45) is 2.24. The fourth-order valence-corrected chi connectivity index (χ4v) is 4.80. The maximum absolute atomic E-state index is 12.5. The summed E-state index contributed by atoms with van der Waals surface area (Å²) >= 11 is 3.12. The molecule has 3 aromatic rings. The predicted octanol–water partition coefficient (Wildman–Crippen LogP) is 3.05. The van der Waals surface area contributed by atoms with E-state index in [1.807, 2.05) is 24.0 Å². The molecular formula is C15H16N4OS2. The van der Waals surface area contributed by atoms with Crippen molar-refractivity contribution in [3.05, 3.63) is 24.3 Å². The van der Waals surface area contributed by atoms with Crippen molar-refractivity contribution < 1.29 is 4.79 Å². The molecule has 0 aliphatic carbocycles. The Hall–Kier alpha value is -1.60. The lowest BCUT2D eigenvalue weighted by molar-refractivity contribution is -0.129. The molecule has 0 saturated carbocycles. The number of fused-ring (bicyclic) bond motifs is 3. The molecule has 114 valence electrons. The van der Waals surface area contributed by atoms with E-state index < -0.39 is 0 Å². The van der Waals surface area contributed by atoms with Crippen molar-refractivity contribution in [2.24, 2.45) is 0 Å². The van der Waals surface area contributed by atoms with Gasteiger partial charge in [-0.2, -0.15) is 0 Å². The summed E-state index contributed by atoms with van der Waals surface area (Å²) in [4.78, 5) is 15.3. The molecule has 0 radical (unpaired) electrons. The zero-order valence-corrected chi connectivity index (χ0v) is 13.9. The van der Waals surface area contributed by atoms with Gasteiger partial charge in [0.15, 0.2) is 5.16 Å².